The lowest BCUT2D eigenvalue weighted by Crippen LogP contribution is -2.34. The molecule has 128 valence electrons. The summed E-state index contributed by atoms with van der Waals surface area (Å²) in [6.07, 6.45) is 3.01. The molecule has 1 atom stereocenters. The fourth-order valence-corrected chi connectivity index (χ4v) is 4.08. The summed E-state index contributed by atoms with van der Waals surface area (Å²) in [6, 6.07) is 7.40. The molecular weight excluding hydrogens is 322 g/mol. The molecule has 0 N–H and O–H groups in total. The van der Waals surface area contributed by atoms with Gasteiger partial charge in [0.25, 0.3) is 5.56 Å². The smallest absolute Gasteiger partial charge is 0.262 e. The van der Waals surface area contributed by atoms with Crippen LogP contribution in [-0.4, -0.2) is 38.7 Å². The van der Waals surface area contributed by atoms with Crippen molar-refractivity contribution >= 4 is 28.6 Å². The molecule has 5 nitrogen and oxygen atoms in total. The summed E-state index contributed by atoms with van der Waals surface area (Å²) >= 11 is 1.39. The van der Waals surface area contributed by atoms with E-state index in [2.05, 4.69) is 4.98 Å². The Hall–Kier alpha value is -1.82. The summed E-state index contributed by atoms with van der Waals surface area (Å²) in [5.41, 5.74) is 0.670. The second kappa shape index (κ2) is 7.38. The highest BCUT2D eigenvalue weighted by molar-refractivity contribution is 8.00. The fraction of sp³-hybridized carbons (Fsp3) is 0.500. The standard InChI is InChI=1S/C18H23N3O2S/c1-3-10-21-17(23)14-8-4-5-9-15(14)19-18(21)24-13(2)16(22)20-11-6-7-12-20/h4-5,8-9,13H,3,6-7,10-12H2,1-2H3/t13-/m1/s1. The number of rotatable bonds is 5. The number of benzene rings is 1. The molecule has 0 spiro atoms. The Morgan fingerprint density at radius 2 is 2.00 bits per heavy atom. The normalized spacial score (nSPS) is 15.8. The molecule has 0 saturated carbocycles. The van der Waals surface area contributed by atoms with Crippen LogP contribution in [0.2, 0.25) is 0 Å². The third-order valence-electron chi connectivity index (χ3n) is 4.32. The van der Waals surface area contributed by atoms with E-state index in [0.29, 0.717) is 22.6 Å². The van der Waals surface area contributed by atoms with Crippen LogP contribution >= 0.6 is 11.8 Å². The van der Waals surface area contributed by atoms with Crippen molar-refractivity contribution < 1.29 is 4.79 Å². The van der Waals surface area contributed by atoms with E-state index >= 15 is 0 Å². The van der Waals surface area contributed by atoms with E-state index in [1.807, 2.05) is 43.0 Å². The van der Waals surface area contributed by atoms with Crippen LogP contribution in [0.4, 0.5) is 0 Å². The Kier molecular flexibility index (Phi) is 5.23. The molecule has 1 amide bonds. The summed E-state index contributed by atoms with van der Waals surface area (Å²) in [5, 5.41) is 1.04. The Labute approximate surface area is 146 Å². The monoisotopic (exact) mass is 345 g/mol. The third-order valence-corrected chi connectivity index (χ3v) is 5.40. The van der Waals surface area contributed by atoms with Gasteiger partial charge in [-0.25, -0.2) is 4.98 Å². The number of likely N-dealkylation sites (tertiary alicyclic amines) is 1. The first-order chi connectivity index (χ1) is 11.6. The van der Waals surface area contributed by atoms with Crippen molar-refractivity contribution in [2.45, 2.75) is 50.1 Å². The van der Waals surface area contributed by atoms with E-state index in [0.717, 1.165) is 32.4 Å². The molecule has 1 fully saturated rings. The van der Waals surface area contributed by atoms with Crippen LogP contribution in [0.3, 0.4) is 0 Å². The number of carbonyl (C=O) groups excluding carboxylic acids is 1. The van der Waals surface area contributed by atoms with Crippen molar-refractivity contribution in [1.29, 1.82) is 0 Å². The van der Waals surface area contributed by atoms with Gasteiger partial charge in [0.2, 0.25) is 5.91 Å². The van der Waals surface area contributed by atoms with Gasteiger partial charge in [-0.1, -0.05) is 30.8 Å². The van der Waals surface area contributed by atoms with Crippen LogP contribution in [0.1, 0.15) is 33.1 Å². The molecule has 1 saturated heterocycles. The predicted molar refractivity (Wildman–Crippen MR) is 97.4 cm³/mol. The van der Waals surface area contributed by atoms with Gasteiger partial charge in [-0.15, -0.1) is 0 Å². The number of hydrogen-bond acceptors (Lipinski definition) is 4. The summed E-state index contributed by atoms with van der Waals surface area (Å²) in [7, 11) is 0. The maximum Gasteiger partial charge on any atom is 0.262 e. The minimum absolute atomic E-state index is 0.0224. The highest BCUT2D eigenvalue weighted by atomic mass is 32.2. The minimum Gasteiger partial charge on any atom is -0.342 e. The zero-order valence-corrected chi connectivity index (χ0v) is 15.0. The van der Waals surface area contributed by atoms with Crippen molar-refractivity contribution in [3.8, 4) is 0 Å². The highest BCUT2D eigenvalue weighted by Gasteiger charge is 2.25. The van der Waals surface area contributed by atoms with E-state index in [1.165, 1.54) is 11.8 Å². The van der Waals surface area contributed by atoms with Crippen LogP contribution < -0.4 is 5.56 Å². The lowest BCUT2D eigenvalue weighted by molar-refractivity contribution is -0.129. The molecule has 1 aliphatic rings. The van der Waals surface area contributed by atoms with E-state index in [9.17, 15) is 9.59 Å². The molecule has 1 aromatic heterocycles. The second-order valence-corrected chi connectivity index (χ2v) is 7.47. The van der Waals surface area contributed by atoms with Gasteiger partial charge >= 0.3 is 0 Å². The summed E-state index contributed by atoms with van der Waals surface area (Å²) < 4.78 is 1.71. The number of hydrogen-bond donors (Lipinski definition) is 0. The van der Waals surface area contributed by atoms with Crippen LogP contribution in [0.15, 0.2) is 34.2 Å². The first-order valence-electron chi connectivity index (χ1n) is 8.57. The van der Waals surface area contributed by atoms with E-state index in [1.54, 1.807) is 4.57 Å². The minimum atomic E-state index is -0.237. The maximum atomic E-state index is 12.8. The first kappa shape index (κ1) is 17.0. The van der Waals surface area contributed by atoms with Gasteiger partial charge in [-0.3, -0.25) is 14.2 Å². The Morgan fingerprint density at radius 3 is 2.71 bits per heavy atom. The molecule has 1 aromatic carbocycles. The molecule has 0 bridgehead atoms. The zero-order chi connectivity index (χ0) is 17.1. The van der Waals surface area contributed by atoms with Crippen molar-refractivity contribution in [1.82, 2.24) is 14.5 Å². The van der Waals surface area contributed by atoms with Gasteiger partial charge in [0.1, 0.15) is 0 Å². The highest BCUT2D eigenvalue weighted by Crippen LogP contribution is 2.25. The lowest BCUT2D eigenvalue weighted by atomic mass is 10.2. The topological polar surface area (TPSA) is 55.2 Å². The van der Waals surface area contributed by atoms with Gasteiger partial charge in [0.15, 0.2) is 5.16 Å². The number of nitrogens with zero attached hydrogens (tertiary/aromatic N) is 3. The molecule has 3 rings (SSSR count). The molecule has 0 aliphatic carbocycles. The first-order valence-corrected chi connectivity index (χ1v) is 9.44. The third kappa shape index (κ3) is 3.34. The Bertz CT molecular complexity index is 796. The molecule has 0 radical (unpaired) electrons. The average Bonchev–Trinajstić information content (AvgIpc) is 3.12. The van der Waals surface area contributed by atoms with Gasteiger partial charge in [-0.05, 0) is 38.3 Å². The SMILES string of the molecule is CCCn1c(S[C@H](C)C(=O)N2CCCC2)nc2ccccc2c1=O. The van der Waals surface area contributed by atoms with Crippen LogP contribution in [0.25, 0.3) is 10.9 Å². The van der Waals surface area contributed by atoms with Crippen molar-refractivity contribution in [2.24, 2.45) is 0 Å². The van der Waals surface area contributed by atoms with Gasteiger partial charge in [0.05, 0.1) is 16.2 Å². The second-order valence-electron chi connectivity index (χ2n) is 6.16. The lowest BCUT2D eigenvalue weighted by Gasteiger charge is -2.21. The molecule has 1 aliphatic heterocycles. The predicted octanol–water partition coefficient (Wildman–Crippen LogP) is 2.91. The fourth-order valence-electron chi connectivity index (χ4n) is 3.06. The van der Waals surface area contributed by atoms with Crippen molar-refractivity contribution in [2.75, 3.05) is 13.1 Å². The van der Waals surface area contributed by atoms with E-state index in [-0.39, 0.29) is 16.7 Å². The van der Waals surface area contributed by atoms with Gasteiger partial charge in [0, 0.05) is 19.6 Å². The van der Waals surface area contributed by atoms with Crippen LogP contribution in [-0.2, 0) is 11.3 Å². The zero-order valence-electron chi connectivity index (χ0n) is 14.2. The number of fused-ring (bicyclic) bond motifs is 1. The number of thioether (sulfide) groups is 1. The molecule has 2 aromatic rings. The average molecular weight is 345 g/mol. The molecule has 24 heavy (non-hydrogen) atoms. The molecule has 6 heteroatoms. The van der Waals surface area contributed by atoms with Gasteiger partial charge in [-0.2, -0.15) is 0 Å². The van der Waals surface area contributed by atoms with Crippen molar-refractivity contribution in [3.05, 3.63) is 34.6 Å². The summed E-state index contributed by atoms with van der Waals surface area (Å²) in [5.74, 6) is 0.142. The molecule has 0 unspecified atom stereocenters. The molecular formula is C18H23N3O2S. The van der Waals surface area contributed by atoms with Crippen LogP contribution in [0.5, 0.6) is 0 Å². The summed E-state index contributed by atoms with van der Waals surface area (Å²) in [6.45, 7) is 6.24. The molecule has 2 heterocycles. The number of para-hydroxylation sites is 1. The van der Waals surface area contributed by atoms with Crippen LogP contribution in [0, 0.1) is 0 Å². The number of carbonyl (C=O) groups is 1. The van der Waals surface area contributed by atoms with E-state index < -0.39 is 0 Å². The maximum absolute atomic E-state index is 12.8. The van der Waals surface area contributed by atoms with Crippen molar-refractivity contribution in [3.63, 3.8) is 0 Å². The van der Waals surface area contributed by atoms with Gasteiger partial charge < -0.3 is 4.90 Å². The number of aromatic nitrogens is 2. The largest absolute Gasteiger partial charge is 0.342 e. The van der Waals surface area contributed by atoms with E-state index in [4.69, 9.17) is 0 Å². The number of amides is 1. The Balaban J connectivity index is 1.93. The quantitative estimate of drug-likeness (QED) is 0.618. The summed E-state index contributed by atoms with van der Waals surface area (Å²) in [4.78, 5) is 31.9. The Morgan fingerprint density at radius 1 is 1.29 bits per heavy atom.